The highest BCUT2D eigenvalue weighted by Gasteiger charge is 2.43. The van der Waals surface area contributed by atoms with E-state index in [0.29, 0.717) is 0 Å². The lowest BCUT2D eigenvalue weighted by Crippen LogP contribution is -2.30. The van der Waals surface area contributed by atoms with Gasteiger partial charge in [-0.3, -0.25) is 0 Å². The molecular formula is C45H39NO. The zero-order valence-electron chi connectivity index (χ0n) is 27.2. The highest BCUT2D eigenvalue weighted by atomic mass is 16.3. The maximum Gasteiger partial charge on any atom is 0.138 e. The van der Waals surface area contributed by atoms with E-state index in [1.807, 2.05) is 0 Å². The van der Waals surface area contributed by atoms with E-state index in [9.17, 15) is 0 Å². The maximum absolute atomic E-state index is 6.66. The van der Waals surface area contributed by atoms with Gasteiger partial charge in [0.25, 0.3) is 0 Å². The molecule has 2 heteroatoms. The van der Waals surface area contributed by atoms with Crippen molar-refractivity contribution in [2.24, 2.45) is 0 Å². The van der Waals surface area contributed by atoms with E-state index in [2.05, 4.69) is 152 Å². The molecular weight excluding hydrogens is 571 g/mol. The first-order valence-corrected chi connectivity index (χ1v) is 17.1. The van der Waals surface area contributed by atoms with Crippen LogP contribution in [-0.2, 0) is 18.3 Å². The molecule has 4 aliphatic rings. The molecule has 47 heavy (non-hydrogen) atoms. The Morgan fingerprint density at radius 2 is 1.43 bits per heavy atom. The first kappa shape index (κ1) is 28.2. The van der Waals surface area contributed by atoms with Crippen LogP contribution in [0.3, 0.4) is 0 Å². The Bertz CT molecular complexity index is 2120. The van der Waals surface area contributed by atoms with Gasteiger partial charge in [0, 0.05) is 33.5 Å². The van der Waals surface area contributed by atoms with Gasteiger partial charge in [-0.05, 0) is 101 Å². The van der Waals surface area contributed by atoms with Crippen LogP contribution in [0.15, 0.2) is 137 Å². The number of rotatable bonds is 5. The predicted molar refractivity (Wildman–Crippen MR) is 196 cm³/mol. The smallest absolute Gasteiger partial charge is 0.138 e. The summed E-state index contributed by atoms with van der Waals surface area (Å²) in [6.45, 7) is 4.83. The molecule has 1 heterocycles. The van der Waals surface area contributed by atoms with Crippen molar-refractivity contribution < 1.29 is 4.42 Å². The fourth-order valence-electron chi connectivity index (χ4n) is 8.44. The molecule has 2 nitrogen and oxygen atoms in total. The molecule has 1 unspecified atom stereocenters. The molecule has 1 atom stereocenters. The summed E-state index contributed by atoms with van der Waals surface area (Å²) >= 11 is 0. The Balaban J connectivity index is 1.12. The average molecular weight is 610 g/mol. The topological polar surface area (TPSA) is 16.4 Å². The second kappa shape index (κ2) is 11.0. The zero-order valence-corrected chi connectivity index (χ0v) is 27.2. The van der Waals surface area contributed by atoms with Crippen LogP contribution in [0, 0.1) is 0 Å². The SMILES string of the molecule is CC1(C)C2=C(c3ccc(N(c4ccc(-c5ccccc5)cc4)C4C=CC(c5ccccc5)=CC4)cc31)c1oc3c(c1CC2)CCC=C3. The summed E-state index contributed by atoms with van der Waals surface area (Å²) in [6.07, 6.45) is 16.9. The number of anilines is 2. The third-order valence-corrected chi connectivity index (χ3v) is 10.9. The summed E-state index contributed by atoms with van der Waals surface area (Å²) in [5.74, 6) is 2.21. The lowest BCUT2D eigenvalue weighted by Gasteiger charge is -2.34. The van der Waals surface area contributed by atoms with Gasteiger partial charge >= 0.3 is 0 Å². The second-order valence-corrected chi connectivity index (χ2v) is 13.9. The Kier molecular flexibility index (Phi) is 6.61. The van der Waals surface area contributed by atoms with E-state index in [-0.39, 0.29) is 11.5 Å². The number of benzene rings is 4. The average Bonchev–Trinajstić information content (AvgIpc) is 3.62. The minimum absolute atomic E-state index is 0.0624. The van der Waals surface area contributed by atoms with Crippen molar-refractivity contribution in [3.05, 3.63) is 172 Å². The molecule has 5 aromatic rings. The molecule has 0 aliphatic heterocycles. The number of fused-ring (bicyclic) bond motifs is 6. The standard InChI is InChI=1S/C45H39NO/c1-45(2)40-28-27-38-37-15-9-10-16-42(37)47-44(38)43(40)39-26-25-36(29-41(39)45)46(34-21-17-32(18-22-34)30-11-5-3-6-12-30)35-23-19-33(20-24-35)31-13-7-4-8-14-31/h3-8,10-14,16-23,25-26,29,35H,9,15,24,27-28H2,1-2H3. The van der Waals surface area contributed by atoms with E-state index in [4.69, 9.17) is 4.42 Å². The summed E-state index contributed by atoms with van der Waals surface area (Å²) in [5, 5.41) is 0. The van der Waals surface area contributed by atoms with E-state index in [1.165, 1.54) is 67.0 Å². The molecule has 0 saturated heterocycles. The van der Waals surface area contributed by atoms with Crippen LogP contribution in [0.1, 0.15) is 72.4 Å². The minimum Gasteiger partial charge on any atom is -0.456 e. The van der Waals surface area contributed by atoms with Crippen LogP contribution in [0.25, 0.3) is 28.3 Å². The molecule has 4 aromatic carbocycles. The van der Waals surface area contributed by atoms with Crippen LogP contribution < -0.4 is 4.90 Å². The molecule has 1 aromatic heterocycles. The van der Waals surface area contributed by atoms with Crippen molar-refractivity contribution in [2.75, 3.05) is 4.90 Å². The van der Waals surface area contributed by atoms with Crippen LogP contribution in [0.4, 0.5) is 11.4 Å². The number of hydrogen-bond acceptors (Lipinski definition) is 2. The maximum atomic E-state index is 6.66. The molecule has 0 saturated carbocycles. The second-order valence-electron chi connectivity index (χ2n) is 13.9. The van der Waals surface area contributed by atoms with E-state index in [1.54, 1.807) is 0 Å². The molecule has 230 valence electrons. The van der Waals surface area contributed by atoms with Gasteiger partial charge in [-0.2, -0.15) is 0 Å². The number of furan rings is 1. The number of hydrogen-bond donors (Lipinski definition) is 0. The van der Waals surface area contributed by atoms with E-state index < -0.39 is 0 Å². The molecule has 0 fully saturated rings. The van der Waals surface area contributed by atoms with Crippen molar-refractivity contribution in [3.8, 4) is 11.1 Å². The van der Waals surface area contributed by atoms with Crippen molar-refractivity contribution >= 4 is 28.6 Å². The quantitative estimate of drug-likeness (QED) is 0.197. The van der Waals surface area contributed by atoms with Crippen LogP contribution in [-0.4, -0.2) is 6.04 Å². The highest BCUT2D eigenvalue weighted by Crippen LogP contribution is 2.55. The molecule has 0 amide bonds. The van der Waals surface area contributed by atoms with Gasteiger partial charge in [0.1, 0.15) is 11.5 Å². The summed E-state index contributed by atoms with van der Waals surface area (Å²) < 4.78 is 6.66. The Morgan fingerprint density at radius 1 is 0.702 bits per heavy atom. The Labute approximate surface area is 278 Å². The van der Waals surface area contributed by atoms with Crippen molar-refractivity contribution in [1.82, 2.24) is 0 Å². The van der Waals surface area contributed by atoms with Gasteiger partial charge in [0.05, 0.1) is 6.04 Å². The Hall–Kier alpha value is -5.08. The highest BCUT2D eigenvalue weighted by molar-refractivity contribution is 5.92. The van der Waals surface area contributed by atoms with Crippen LogP contribution in [0.5, 0.6) is 0 Å². The van der Waals surface area contributed by atoms with Crippen molar-refractivity contribution in [3.63, 3.8) is 0 Å². The molecule has 4 aliphatic carbocycles. The van der Waals surface area contributed by atoms with E-state index in [0.717, 1.165) is 43.6 Å². The van der Waals surface area contributed by atoms with Gasteiger partial charge in [-0.1, -0.05) is 117 Å². The monoisotopic (exact) mass is 609 g/mol. The van der Waals surface area contributed by atoms with Crippen LogP contribution >= 0.6 is 0 Å². The number of nitrogens with zero attached hydrogens (tertiary/aromatic N) is 1. The number of allylic oxidation sites excluding steroid dienone is 4. The van der Waals surface area contributed by atoms with Gasteiger partial charge in [-0.15, -0.1) is 0 Å². The lowest BCUT2D eigenvalue weighted by molar-refractivity contribution is 0.528. The third kappa shape index (κ3) is 4.61. The van der Waals surface area contributed by atoms with Gasteiger partial charge in [0.15, 0.2) is 0 Å². The molecule has 0 spiro atoms. The first-order valence-electron chi connectivity index (χ1n) is 17.1. The lowest BCUT2D eigenvalue weighted by atomic mass is 9.76. The molecule has 0 radical (unpaired) electrons. The molecule has 0 bridgehead atoms. The predicted octanol–water partition coefficient (Wildman–Crippen LogP) is 11.5. The molecule has 0 N–H and O–H groups in total. The fourth-order valence-corrected chi connectivity index (χ4v) is 8.44. The Morgan fingerprint density at radius 3 is 2.17 bits per heavy atom. The van der Waals surface area contributed by atoms with Gasteiger partial charge in [0.2, 0.25) is 0 Å². The van der Waals surface area contributed by atoms with E-state index >= 15 is 0 Å². The zero-order chi connectivity index (χ0) is 31.5. The van der Waals surface area contributed by atoms with Crippen molar-refractivity contribution in [1.29, 1.82) is 0 Å². The molecule has 9 rings (SSSR count). The normalized spacial score (nSPS) is 18.7. The van der Waals surface area contributed by atoms with Crippen LogP contribution in [0.2, 0.25) is 0 Å². The third-order valence-electron chi connectivity index (χ3n) is 10.9. The largest absolute Gasteiger partial charge is 0.456 e. The van der Waals surface area contributed by atoms with Crippen molar-refractivity contribution in [2.45, 2.75) is 57.4 Å². The summed E-state index contributed by atoms with van der Waals surface area (Å²) in [6, 6.07) is 37.9. The summed E-state index contributed by atoms with van der Waals surface area (Å²) in [5.41, 5.74) is 15.9. The summed E-state index contributed by atoms with van der Waals surface area (Å²) in [7, 11) is 0. The van der Waals surface area contributed by atoms with Gasteiger partial charge < -0.3 is 9.32 Å². The first-order chi connectivity index (χ1) is 23.1. The minimum atomic E-state index is -0.0624. The fraction of sp³-hybridized carbons (Fsp3) is 0.200. The van der Waals surface area contributed by atoms with Gasteiger partial charge in [-0.25, -0.2) is 0 Å². The summed E-state index contributed by atoms with van der Waals surface area (Å²) in [4.78, 5) is 2.54.